The molecule has 2 unspecified atom stereocenters. The smallest absolute Gasteiger partial charge is 0.234 e. The Kier molecular flexibility index (Phi) is 4.76. The number of carbonyl (C=O) groups is 1. The maximum absolute atomic E-state index is 11.7. The van der Waals surface area contributed by atoms with Crippen LogP contribution in [0.4, 0.5) is 0 Å². The van der Waals surface area contributed by atoms with Crippen molar-refractivity contribution >= 4 is 5.91 Å². The van der Waals surface area contributed by atoms with Gasteiger partial charge in [-0.25, -0.2) is 0 Å². The van der Waals surface area contributed by atoms with E-state index in [1.807, 2.05) is 0 Å². The molecule has 0 bridgehead atoms. The Hall–Kier alpha value is -0.650. The Morgan fingerprint density at radius 3 is 3.00 bits per heavy atom. The van der Waals surface area contributed by atoms with Crippen LogP contribution in [0.5, 0.6) is 0 Å². The standard InChI is InChI=1S/C12H23N3O2/c13-10-3-1-5-15(8-10)9-12(16)14-7-11-4-2-6-17-11/h10-11H,1-9,13H2,(H,14,16). The third-order valence-electron chi connectivity index (χ3n) is 3.46. The van der Waals surface area contributed by atoms with Crippen molar-refractivity contribution in [1.29, 1.82) is 0 Å². The summed E-state index contributed by atoms with van der Waals surface area (Å²) in [5, 5.41) is 2.94. The van der Waals surface area contributed by atoms with Crippen molar-refractivity contribution in [3.8, 4) is 0 Å². The first kappa shape index (κ1) is 12.8. The minimum absolute atomic E-state index is 0.0922. The molecule has 1 amide bonds. The average molecular weight is 241 g/mol. The summed E-state index contributed by atoms with van der Waals surface area (Å²) in [7, 11) is 0. The van der Waals surface area contributed by atoms with Gasteiger partial charge in [-0.1, -0.05) is 0 Å². The van der Waals surface area contributed by atoms with Crippen LogP contribution in [0.3, 0.4) is 0 Å². The summed E-state index contributed by atoms with van der Waals surface area (Å²) < 4.78 is 5.46. The summed E-state index contributed by atoms with van der Waals surface area (Å²) >= 11 is 0. The summed E-state index contributed by atoms with van der Waals surface area (Å²) in [5.74, 6) is 0.0922. The van der Waals surface area contributed by atoms with E-state index in [1.54, 1.807) is 0 Å². The predicted octanol–water partition coefficient (Wildman–Crippen LogP) is -0.295. The zero-order chi connectivity index (χ0) is 12.1. The number of nitrogens with two attached hydrogens (primary N) is 1. The first-order chi connectivity index (χ1) is 8.24. The van der Waals surface area contributed by atoms with Gasteiger partial charge in [-0.05, 0) is 32.2 Å². The third-order valence-corrected chi connectivity index (χ3v) is 3.46. The van der Waals surface area contributed by atoms with E-state index in [9.17, 15) is 4.79 Å². The number of likely N-dealkylation sites (tertiary alicyclic amines) is 1. The second-order valence-electron chi connectivity index (χ2n) is 5.08. The molecule has 0 aromatic heterocycles. The van der Waals surface area contributed by atoms with Gasteiger partial charge in [0.25, 0.3) is 0 Å². The number of piperidine rings is 1. The van der Waals surface area contributed by atoms with Crippen molar-refractivity contribution in [2.45, 2.75) is 37.8 Å². The lowest BCUT2D eigenvalue weighted by molar-refractivity contribution is -0.123. The second kappa shape index (κ2) is 6.33. The Bertz CT molecular complexity index is 254. The summed E-state index contributed by atoms with van der Waals surface area (Å²) in [5.41, 5.74) is 5.88. The molecule has 0 aliphatic carbocycles. The number of ether oxygens (including phenoxy) is 1. The first-order valence-corrected chi connectivity index (χ1v) is 6.60. The lowest BCUT2D eigenvalue weighted by Crippen LogP contribution is -2.47. The Morgan fingerprint density at radius 1 is 1.41 bits per heavy atom. The number of hydrogen-bond donors (Lipinski definition) is 2. The molecule has 3 N–H and O–H groups in total. The molecule has 0 aromatic rings. The van der Waals surface area contributed by atoms with E-state index in [1.165, 1.54) is 0 Å². The van der Waals surface area contributed by atoms with Gasteiger partial charge in [0, 0.05) is 25.7 Å². The molecule has 0 radical (unpaired) electrons. The van der Waals surface area contributed by atoms with Gasteiger partial charge in [-0.3, -0.25) is 9.69 Å². The van der Waals surface area contributed by atoms with E-state index in [0.29, 0.717) is 13.1 Å². The Labute approximate surface area is 103 Å². The highest BCUT2D eigenvalue weighted by molar-refractivity contribution is 5.78. The molecule has 2 fully saturated rings. The highest BCUT2D eigenvalue weighted by Crippen LogP contribution is 2.10. The molecule has 2 aliphatic heterocycles. The van der Waals surface area contributed by atoms with Gasteiger partial charge in [-0.15, -0.1) is 0 Å². The number of carbonyl (C=O) groups excluding carboxylic acids is 1. The fraction of sp³-hybridized carbons (Fsp3) is 0.917. The average Bonchev–Trinajstić information content (AvgIpc) is 2.79. The maximum Gasteiger partial charge on any atom is 0.234 e. The zero-order valence-electron chi connectivity index (χ0n) is 10.4. The minimum Gasteiger partial charge on any atom is -0.376 e. The van der Waals surface area contributed by atoms with Crippen molar-refractivity contribution in [1.82, 2.24) is 10.2 Å². The van der Waals surface area contributed by atoms with Crippen molar-refractivity contribution in [3.05, 3.63) is 0 Å². The van der Waals surface area contributed by atoms with Crippen molar-refractivity contribution < 1.29 is 9.53 Å². The number of nitrogens with one attached hydrogen (secondary N) is 1. The summed E-state index contributed by atoms with van der Waals surface area (Å²) in [4.78, 5) is 13.9. The largest absolute Gasteiger partial charge is 0.376 e. The first-order valence-electron chi connectivity index (χ1n) is 6.60. The van der Waals surface area contributed by atoms with Crippen molar-refractivity contribution in [2.24, 2.45) is 5.73 Å². The van der Waals surface area contributed by atoms with Crippen LogP contribution in [0.15, 0.2) is 0 Å². The predicted molar refractivity (Wildman–Crippen MR) is 65.6 cm³/mol. The lowest BCUT2D eigenvalue weighted by Gasteiger charge is -2.30. The van der Waals surface area contributed by atoms with Gasteiger partial charge < -0.3 is 15.8 Å². The molecule has 5 nitrogen and oxygen atoms in total. The molecular formula is C12H23N3O2. The third kappa shape index (κ3) is 4.26. The molecule has 2 saturated heterocycles. The minimum atomic E-state index is 0.0922. The molecule has 17 heavy (non-hydrogen) atoms. The van der Waals surface area contributed by atoms with Crippen LogP contribution in [0.2, 0.25) is 0 Å². The molecule has 0 saturated carbocycles. The molecule has 5 heteroatoms. The highest BCUT2D eigenvalue weighted by Gasteiger charge is 2.20. The van der Waals surface area contributed by atoms with Gasteiger partial charge in [0.15, 0.2) is 0 Å². The summed E-state index contributed by atoms with van der Waals surface area (Å²) in [6, 6.07) is 0.231. The monoisotopic (exact) mass is 241 g/mol. The van der Waals surface area contributed by atoms with E-state index in [2.05, 4.69) is 10.2 Å². The van der Waals surface area contributed by atoms with Gasteiger partial charge in [0.1, 0.15) is 0 Å². The fourth-order valence-corrected chi connectivity index (χ4v) is 2.53. The molecule has 2 aliphatic rings. The lowest BCUT2D eigenvalue weighted by atomic mass is 10.1. The second-order valence-corrected chi connectivity index (χ2v) is 5.08. The Balaban J connectivity index is 1.62. The molecule has 0 spiro atoms. The van der Waals surface area contributed by atoms with Gasteiger partial charge in [-0.2, -0.15) is 0 Å². The van der Waals surface area contributed by atoms with Gasteiger partial charge in [0.05, 0.1) is 12.6 Å². The SMILES string of the molecule is NC1CCCN(CC(=O)NCC2CCCO2)C1. The van der Waals surface area contributed by atoms with Crippen LogP contribution in [0, 0.1) is 0 Å². The van der Waals surface area contributed by atoms with Crippen molar-refractivity contribution in [2.75, 3.05) is 32.8 Å². The molecule has 0 aromatic carbocycles. The summed E-state index contributed by atoms with van der Waals surface area (Å²) in [6.07, 6.45) is 4.58. The molecule has 98 valence electrons. The molecule has 2 atom stereocenters. The van der Waals surface area contributed by atoms with Crippen LogP contribution in [-0.2, 0) is 9.53 Å². The van der Waals surface area contributed by atoms with Crippen LogP contribution in [-0.4, -0.2) is 55.7 Å². The van der Waals surface area contributed by atoms with E-state index >= 15 is 0 Å². The highest BCUT2D eigenvalue weighted by atomic mass is 16.5. The number of amides is 1. The Morgan fingerprint density at radius 2 is 2.29 bits per heavy atom. The van der Waals surface area contributed by atoms with Crippen LogP contribution in [0.1, 0.15) is 25.7 Å². The van der Waals surface area contributed by atoms with Crippen molar-refractivity contribution in [3.63, 3.8) is 0 Å². The van der Waals surface area contributed by atoms with E-state index in [4.69, 9.17) is 10.5 Å². The topological polar surface area (TPSA) is 67.6 Å². The normalized spacial score (nSPS) is 30.4. The van der Waals surface area contributed by atoms with Gasteiger partial charge in [0.2, 0.25) is 5.91 Å². The number of nitrogens with zero attached hydrogens (tertiary/aromatic N) is 1. The van der Waals surface area contributed by atoms with Crippen LogP contribution in [0.25, 0.3) is 0 Å². The number of rotatable bonds is 4. The van der Waals surface area contributed by atoms with E-state index in [-0.39, 0.29) is 18.1 Å². The van der Waals surface area contributed by atoms with Gasteiger partial charge >= 0.3 is 0 Å². The molecule has 2 heterocycles. The molecule has 2 rings (SSSR count). The quantitative estimate of drug-likeness (QED) is 0.709. The summed E-state index contributed by atoms with van der Waals surface area (Å²) in [6.45, 7) is 3.79. The van der Waals surface area contributed by atoms with Crippen LogP contribution >= 0.6 is 0 Å². The number of hydrogen-bond acceptors (Lipinski definition) is 4. The van der Waals surface area contributed by atoms with E-state index < -0.39 is 0 Å². The zero-order valence-corrected chi connectivity index (χ0v) is 10.4. The van der Waals surface area contributed by atoms with Crippen LogP contribution < -0.4 is 11.1 Å². The van der Waals surface area contributed by atoms with E-state index in [0.717, 1.165) is 45.4 Å². The molecular weight excluding hydrogens is 218 g/mol. The fourth-order valence-electron chi connectivity index (χ4n) is 2.53. The maximum atomic E-state index is 11.7.